The Morgan fingerprint density at radius 3 is 2.87 bits per heavy atom. The number of nitrogens with one attached hydrogen (secondary N) is 1. The number of rotatable bonds is 6. The number of para-hydroxylation sites is 1. The molecule has 2 N–H and O–H groups in total. The third-order valence-corrected chi connectivity index (χ3v) is 3.66. The van der Waals surface area contributed by atoms with Gasteiger partial charge in [-0.15, -0.1) is 0 Å². The van der Waals surface area contributed by atoms with E-state index in [-0.39, 0.29) is 13.0 Å². The molecule has 1 fully saturated rings. The SMILES string of the molecule is CC(Oc1ccccc1C#N)C(=O)NC1(CC(=O)O)CCOC1. The van der Waals surface area contributed by atoms with Crippen LogP contribution in [0.4, 0.5) is 0 Å². The first kappa shape index (κ1) is 16.8. The highest BCUT2D eigenvalue weighted by molar-refractivity contribution is 5.82. The molecule has 122 valence electrons. The molecular formula is C16H18N2O5. The van der Waals surface area contributed by atoms with E-state index in [9.17, 15) is 9.59 Å². The number of aliphatic carboxylic acids is 1. The third-order valence-electron chi connectivity index (χ3n) is 3.66. The van der Waals surface area contributed by atoms with Crippen molar-refractivity contribution in [1.82, 2.24) is 5.32 Å². The van der Waals surface area contributed by atoms with Gasteiger partial charge in [0.2, 0.25) is 0 Å². The van der Waals surface area contributed by atoms with Crippen molar-refractivity contribution in [1.29, 1.82) is 5.26 Å². The van der Waals surface area contributed by atoms with Crippen LogP contribution >= 0.6 is 0 Å². The standard InChI is InChI=1S/C16H18N2O5/c1-11(23-13-5-3-2-4-12(13)9-17)15(21)18-16(8-14(19)20)6-7-22-10-16/h2-5,11H,6-8,10H2,1H3,(H,18,21)(H,19,20). The summed E-state index contributed by atoms with van der Waals surface area (Å²) in [6.07, 6.45) is -0.636. The van der Waals surface area contributed by atoms with Gasteiger partial charge < -0.3 is 19.9 Å². The summed E-state index contributed by atoms with van der Waals surface area (Å²) in [6.45, 7) is 2.11. The van der Waals surface area contributed by atoms with Gasteiger partial charge in [0.1, 0.15) is 11.8 Å². The summed E-state index contributed by atoms with van der Waals surface area (Å²) in [7, 11) is 0. The molecule has 7 heteroatoms. The molecule has 1 heterocycles. The van der Waals surface area contributed by atoms with Crippen LogP contribution in [0.15, 0.2) is 24.3 Å². The first-order valence-electron chi connectivity index (χ1n) is 7.23. The largest absolute Gasteiger partial charge is 0.481 e. The lowest BCUT2D eigenvalue weighted by Gasteiger charge is -2.28. The Labute approximate surface area is 133 Å². The minimum Gasteiger partial charge on any atom is -0.481 e. The van der Waals surface area contributed by atoms with Crippen molar-refractivity contribution >= 4 is 11.9 Å². The van der Waals surface area contributed by atoms with Crippen molar-refractivity contribution in [2.75, 3.05) is 13.2 Å². The number of benzene rings is 1. The van der Waals surface area contributed by atoms with Gasteiger partial charge in [-0.05, 0) is 25.5 Å². The average molecular weight is 318 g/mol. The Morgan fingerprint density at radius 2 is 2.26 bits per heavy atom. The van der Waals surface area contributed by atoms with Crippen LogP contribution in [0.25, 0.3) is 0 Å². The normalized spacial score (nSPS) is 21.2. The van der Waals surface area contributed by atoms with E-state index in [0.717, 1.165) is 0 Å². The van der Waals surface area contributed by atoms with E-state index in [1.165, 1.54) is 0 Å². The van der Waals surface area contributed by atoms with Crippen LogP contribution in [0.2, 0.25) is 0 Å². The summed E-state index contributed by atoms with van der Waals surface area (Å²) in [5.74, 6) is -1.13. The molecule has 0 radical (unpaired) electrons. The molecule has 2 unspecified atom stereocenters. The molecule has 1 aliphatic rings. The van der Waals surface area contributed by atoms with E-state index < -0.39 is 23.5 Å². The summed E-state index contributed by atoms with van der Waals surface area (Å²) in [5.41, 5.74) is -0.577. The maximum Gasteiger partial charge on any atom is 0.305 e. The Hall–Kier alpha value is -2.59. The Kier molecular flexibility index (Phi) is 5.19. The van der Waals surface area contributed by atoms with Crippen LogP contribution in [0.3, 0.4) is 0 Å². The van der Waals surface area contributed by atoms with Gasteiger partial charge in [0, 0.05) is 6.61 Å². The predicted octanol–water partition coefficient (Wildman–Crippen LogP) is 1.08. The van der Waals surface area contributed by atoms with Gasteiger partial charge in [0.05, 0.1) is 24.1 Å². The summed E-state index contributed by atoms with van der Waals surface area (Å²) in [5, 5.41) is 20.8. The van der Waals surface area contributed by atoms with Gasteiger partial charge in [-0.2, -0.15) is 5.26 Å². The minimum absolute atomic E-state index is 0.159. The number of ether oxygens (including phenoxy) is 2. The van der Waals surface area contributed by atoms with Gasteiger partial charge in [0.15, 0.2) is 6.10 Å². The molecule has 23 heavy (non-hydrogen) atoms. The van der Waals surface area contributed by atoms with E-state index in [1.807, 2.05) is 6.07 Å². The van der Waals surface area contributed by atoms with Crippen LogP contribution in [0, 0.1) is 11.3 Å². The molecule has 2 atom stereocenters. The topological polar surface area (TPSA) is 109 Å². The van der Waals surface area contributed by atoms with E-state index in [0.29, 0.717) is 24.3 Å². The zero-order valence-corrected chi connectivity index (χ0v) is 12.7. The fourth-order valence-corrected chi connectivity index (χ4v) is 2.45. The number of carbonyl (C=O) groups excluding carboxylic acids is 1. The zero-order valence-electron chi connectivity index (χ0n) is 12.7. The number of carbonyl (C=O) groups is 2. The molecule has 0 spiro atoms. The van der Waals surface area contributed by atoms with Crippen LogP contribution in [0.1, 0.15) is 25.3 Å². The summed E-state index contributed by atoms with van der Waals surface area (Å²) >= 11 is 0. The fraction of sp³-hybridized carbons (Fsp3) is 0.438. The Bertz CT molecular complexity index is 632. The second-order valence-electron chi connectivity index (χ2n) is 5.51. The number of nitrogens with zero attached hydrogens (tertiary/aromatic N) is 1. The number of hydrogen-bond acceptors (Lipinski definition) is 5. The van der Waals surface area contributed by atoms with Crippen molar-refractivity contribution < 1.29 is 24.2 Å². The molecule has 0 bridgehead atoms. The minimum atomic E-state index is -1.00. The zero-order chi connectivity index (χ0) is 16.9. The quantitative estimate of drug-likeness (QED) is 0.812. The number of carboxylic acids is 1. The van der Waals surface area contributed by atoms with Crippen molar-refractivity contribution in [3.8, 4) is 11.8 Å². The first-order valence-corrected chi connectivity index (χ1v) is 7.23. The molecular weight excluding hydrogens is 300 g/mol. The Balaban J connectivity index is 2.04. The first-order chi connectivity index (χ1) is 11.0. The van der Waals surface area contributed by atoms with E-state index in [2.05, 4.69) is 5.32 Å². The predicted molar refractivity (Wildman–Crippen MR) is 79.8 cm³/mol. The van der Waals surface area contributed by atoms with Crippen molar-refractivity contribution in [3.05, 3.63) is 29.8 Å². The molecule has 1 saturated heterocycles. The van der Waals surface area contributed by atoms with Crippen LogP contribution < -0.4 is 10.1 Å². The molecule has 1 amide bonds. The number of hydrogen-bond donors (Lipinski definition) is 2. The molecule has 1 aliphatic heterocycles. The Morgan fingerprint density at radius 1 is 1.52 bits per heavy atom. The molecule has 7 nitrogen and oxygen atoms in total. The van der Waals surface area contributed by atoms with Gasteiger partial charge >= 0.3 is 5.97 Å². The number of nitriles is 1. The van der Waals surface area contributed by atoms with Gasteiger partial charge in [-0.3, -0.25) is 9.59 Å². The van der Waals surface area contributed by atoms with Crippen LogP contribution in [-0.2, 0) is 14.3 Å². The summed E-state index contributed by atoms with van der Waals surface area (Å²) < 4.78 is 10.8. The monoisotopic (exact) mass is 318 g/mol. The van der Waals surface area contributed by atoms with Crippen LogP contribution in [-0.4, -0.2) is 41.8 Å². The number of carboxylic acid groups (broad SMARTS) is 1. The summed E-state index contributed by atoms with van der Waals surface area (Å²) in [4.78, 5) is 23.3. The molecule has 0 saturated carbocycles. The molecule has 1 aromatic rings. The van der Waals surface area contributed by atoms with Crippen molar-refractivity contribution in [3.63, 3.8) is 0 Å². The van der Waals surface area contributed by atoms with Crippen molar-refractivity contribution in [2.24, 2.45) is 0 Å². The van der Waals surface area contributed by atoms with E-state index >= 15 is 0 Å². The molecule has 1 aromatic carbocycles. The maximum absolute atomic E-state index is 12.3. The highest BCUT2D eigenvalue weighted by atomic mass is 16.5. The van der Waals surface area contributed by atoms with Gasteiger partial charge in [-0.25, -0.2) is 0 Å². The summed E-state index contributed by atoms with van der Waals surface area (Å²) in [6, 6.07) is 8.60. The third kappa shape index (κ3) is 4.20. The highest BCUT2D eigenvalue weighted by Gasteiger charge is 2.39. The van der Waals surface area contributed by atoms with Crippen LogP contribution in [0.5, 0.6) is 5.75 Å². The number of amides is 1. The smallest absolute Gasteiger partial charge is 0.305 e. The molecule has 0 aromatic heterocycles. The lowest BCUT2D eigenvalue weighted by atomic mass is 9.94. The van der Waals surface area contributed by atoms with Crippen molar-refractivity contribution in [2.45, 2.75) is 31.4 Å². The molecule has 0 aliphatic carbocycles. The average Bonchev–Trinajstić information content (AvgIpc) is 2.94. The maximum atomic E-state index is 12.3. The van der Waals surface area contributed by atoms with Gasteiger partial charge in [0.25, 0.3) is 5.91 Å². The van der Waals surface area contributed by atoms with E-state index in [1.54, 1.807) is 31.2 Å². The lowest BCUT2D eigenvalue weighted by molar-refractivity contribution is -0.139. The second kappa shape index (κ2) is 7.11. The lowest BCUT2D eigenvalue weighted by Crippen LogP contribution is -2.53. The molecule has 2 rings (SSSR count). The fourth-order valence-electron chi connectivity index (χ4n) is 2.45. The van der Waals surface area contributed by atoms with E-state index in [4.69, 9.17) is 19.8 Å². The highest BCUT2D eigenvalue weighted by Crippen LogP contribution is 2.24. The van der Waals surface area contributed by atoms with Gasteiger partial charge in [-0.1, -0.05) is 12.1 Å². The second-order valence-corrected chi connectivity index (χ2v) is 5.51.